The molecule has 3 unspecified atom stereocenters. The molecule has 28 heavy (non-hydrogen) atoms. The van der Waals surface area contributed by atoms with Gasteiger partial charge in [-0.2, -0.15) is 0 Å². The number of anilines is 1. The number of hydrogen-bond donors (Lipinski definition) is 3. The Morgan fingerprint density at radius 3 is 2.36 bits per heavy atom. The van der Waals surface area contributed by atoms with Crippen LogP contribution < -0.4 is 16.2 Å². The van der Waals surface area contributed by atoms with Crippen LogP contribution in [0.1, 0.15) is 38.8 Å². The van der Waals surface area contributed by atoms with E-state index in [0.29, 0.717) is 13.1 Å². The van der Waals surface area contributed by atoms with Crippen molar-refractivity contribution in [2.45, 2.75) is 59.8 Å². The molecule has 2 amide bonds. The number of benzene rings is 1. The largest absolute Gasteiger partial charge is 0.376 e. The molecule has 1 aliphatic rings. The third-order valence-electron chi connectivity index (χ3n) is 4.89. The lowest BCUT2D eigenvalue weighted by atomic mass is 10.00. The predicted octanol–water partition coefficient (Wildman–Crippen LogP) is 2.00. The highest BCUT2D eigenvalue weighted by Crippen LogP contribution is 2.18. The minimum Gasteiger partial charge on any atom is -0.376 e. The van der Waals surface area contributed by atoms with E-state index in [-0.39, 0.29) is 42.5 Å². The van der Waals surface area contributed by atoms with Crippen LogP contribution in [0.25, 0.3) is 0 Å². The average Bonchev–Trinajstić information content (AvgIpc) is 2.58. The quantitative estimate of drug-likeness (QED) is 0.647. The number of amides is 2. The number of carbonyl (C=O) groups is 2. The molecule has 0 spiro atoms. The smallest absolute Gasteiger partial charge is 0.257 e. The Kier molecular flexibility index (Phi) is 7.83. The second kappa shape index (κ2) is 9.89. The summed E-state index contributed by atoms with van der Waals surface area (Å²) in [4.78, 5) is 27.0. The summed E-state index contributed by atoms with van der Waals surface area (Å²) in [6, 6.07) is 5.68. The van der Waals surface area contributed by atoms with Gasteiger partial charge in [0.2, 0.25) is 0 Å². The summed E-state index contributed by atoms with van der Waals surface area (Å²) in [6.45, 7) is 13.6. The van der Waals surface area contributed by atoms with Crippen LogP contribution in [0.5, 0.6) is 0 Å². The molecule has 1 fully saturated rings. The van der Waals surface area contributed by atoms with Gasteiger partial charge in [-0.05, 0) is 45.2 Å². The molecular weight excluding hydrogens is 356 g/mol. The monoisotopic (exact) mass is 390 g/mol. The van der Waals surface area contributed by atoms with Gasteiger partial charge in [0, 0.05) is 18.8 Å². The van der Waals surface area contributed by atoms with E-state index in [1.54, 1.807) is 0 Å². The van der Waals surface area contributed by atoms with Gasteiger partial charge in [0.25, 0.3) is 11.8 Å². The zero-order valence-electron chi connectivity index (χ0n) is 17.8. The normalized spacial score (nSPS) is 21.2. The molecule has 0 saturated carbocycles. The second-order valence-electron chi connectivity index (χ2n) is 8.11. The standard InChI is InChI=1S/C21H34N4O3/c1-13(2)20(25-11-16(5)28-17(6)12-25)21(27)24-23-19(26)10-22-18-8-7-14(3)9-15(18)4/h7-9,13,16-17,20,22H,10-12H2,1-6H3,(H,23,26)(H,24,27). The zero-order chi connectivity index (χ0) is 20.8. The molecule has 2 rings (SSSR count). The number of hydrogen-bond acceptors (Lipinski definition) is 5. The number of hydrazine groups is 1. The highest BCUT2D eigenvalue weighted by atomic mass is 16.5. The Bertz CT molecular complexity index is 682. The summed E-state index contributed by atoms with van der Waals surface area (Å²) in [7, 11) is 0. The van der Waals surface area contributed by atoms with E-state index in [2.05, 4.69) is 27.1 Å². The fourth-order valence-electron chi connectivity index (χ4n) is 3.77. The van der Waals surface area contributed by atoms with Crippen molar-refractivity contribution in [3.63, 3.8) is 0 Å². The molecule has 1 aromatic carbocycles. The van der Waals surface area contributed by atoms with Crippen LogP contribution in [0.4, 0.5) is 5.69 Å². The molecule has 156 valence electrons. The van der Waals surface area contributed by atoms with Gasteiger partial charge >= 0.3 is 0 Å². The van der Waals surface area contributed by atoms with Crippen LogP contribution in [-0.2, 0) is 14.3 Å². The molecule has 7 heteroatoms. The van der Waals surface area contributed by atoms with E-state index in [0.717, 1.165) is 11.3 Å². The number of aryl methyl sites for hydroxylation is 2. The van der Waals surface area contributed by atoms with Crippen molar-refractivity contribution >= 4 is 17.5 Å². The van der Waals surface area contributed by atoms with Crippen LogP contribution in [0.2, 0.25) is 0 Å². The van der Waals surface area contributed by atoms with Crippen LogP contribution in [-0.4, -0.2) is 54.6 Å². The fraction of sp³-hybridized carbons (Fsp3) is 0.619. The van der Waals surface area contributed by atoms with E-state index >= 15 is 0 Å². The minimum atomic E-state index is -0.318. The summed E-state index contributed by atoms with van der Waals surface area (Å²) in [5, 5.41) is 3.10. The Labute approximate surface area is 168 Å². The first-order chi connectivity index (χ1) is 13.2. The first-order valence-corrected chi connectivity index (χ1v) is 9.96. The van der Waals surface area contributed by atoms with Crippen LogP contribution in [0.15, 0.2) is 18.2 Å². The maximum atomic E-state index is 12.7. The fourth-order valence-corrected chi connectivity index (χ4v) is 3.77. The van der Waals surface area contributed by atoms with Crippen molar-refractivity contribution in [1.29, 1.82) is 0 Å². The lowest BCUT2D eigenvalue weighted by Gasteiger charge is -2.40. The van der Waals surface area contributed by atoms with Gasteiger partial charge in [-0.3, -0.25) is 25.3 Å². The van der Waals surface area contributed by atoms with Crippen molar-refractivity contribution in [2.75, 3.05) is 25.0 Å². The van der Waals surface area contributed by atoms with Crippen molar-refractivity contribution < 1.29 is 14.3 Å². The molecule has 1 aliphatic heterocycles. The highest BCUT2D eigenvalue weighted by Gasteiger charge is 2.34. The summed E-state index contributed by atoms with van der Waals surface area (Å²) in [6.07, 6.45) is 0.156. The number of ether oxygens (including phenoxy) is 1. The molecule has 0 radical (unpaired) electrons. The van der Waals surface area contributed by atoms with Gasteiger partial charge in [0.1, 0.15) is 0 Å². The van der Waals surface area contributed by atoms with Crippen LogP contribution in [0.3, 0.4) is 0 Å². The molecule has 3 atom stereocenters. The number of morpholine rings is 1. The molecular formula is C21H34N4O3. The molecule has 1 saturated heterocycles. The summed E-state index contributed by atoms with van der Waals surface area (Å²) < 4.78 is 5.76. The van der Waals surface area contributed by atoms with Gasteiger partial charge in [-0.1, -0.05) is 31.5 Å². The summed E-state index contributed by atoms with van der Waals surface area (Å²) >= 11 is 0. The van der Waals surface area contributed by atoms with Crippen molar-refractivity contribution in [1.82, 2.24) is 15.8 Å². The lowest BCUT2D eigenvalue weighted by molar-refractivity contribution is -0.138. The van der Waals surface area contributed by atoms with Gasteiger partial charge in [-0.25, -0.2) is 0 Å². The maximum Gasteiger partial charge on any atom is 0.257 e. The van der Waals surface area contributed by atoms with Crippen LogP contribution in [0, 0.1) is 19.8 Å². The Morgan fingerprint density at radius 1 is 1.14 bits per heavy atom. The number of nitrogens with zero attached hydrogens (tertiary/aromatic N) is 1. The molecule has 7 nitrogen and oxygen atoms in total. The van der Waals surface area contributed by atoms with E-state index in [1.807, 2.05) is 53.7 Å². The third kappa shape index (κ3) is 6.21. The number of rotatable bonds is 6. The van der Waals surface area contributed by atoms with Gasteiger partial charge in [0.15, 0.2) is 0 Å². The average molecular weight is 391 g/mol. The molecule has 1 heterocycles. The topological polar surface area (TPSA) is 82.7 Å². The number of nitrogens with one attached hydrogen (secondary N) is 3. The third-order valence-corrected chi connectivity index (χ3v) is 4.89. The lowest BCUT2D eigenvalue weighted by Crippen LogP contribution is -2.59. The highest BCUT2D eigenvalue weighted by molar-refractivity contribution is 5.87. The Hall–Kier alpha value is -2.12. The van der Waals surface area contributed by atoms with Gasteiger partial charge in [0.05, 0.1) is 24.8 Å². The molecule has 1 aromatic rings. The Morgan fingerprint density at radius 2 is 1.79 bits per heavy atom. The predicted molar refractivity (Wildman–Crippen MR) is 111 cm³/mol. The van der Waals surface area contributed by atoms with Crippen molar-refractivity contribution in [3.8, 4) is 0 Å². The first kappa shape index (κ1) is 22.2. The molecule has 0 aliphatic carbocycles. The van der Waals surface area contributed by atoms with Crippen LogP contribution >= 0.6 is 0 Å². The van der Waals surface area contributed by atoms with Gasteiger partial charge in [-0.15, -0.1) is 0 Å². The van der Waals surface area contributed by atoms with E-state index in [1.165, 1.54) is 5.56 Å². The van der Waals surface area contributed by atoms with E-state index in [4.69, 9.17) is 4.74 Å². The molecule has 0 aromatic heterocycles. The summed E-state index contributed by atoms with van der Waals surface area (Å²) in [5.74, 6) is -0.376. The van der Waals surface area contributed by atoms with Crippen molar-refractivity contribution in [2.24, 2.45) is 5.92 Å². The Balaban J connectivity index is 1.86. The van der Waals surface area contributed by atoms with E-state index < -0.39 is 0 Å². The zero-order valence-corrected chi connectivity index (χ0v) is 17.8. The number of carbonyl (C=O) groups excluding carboxylic acids is 2. The van der Waals surface area contributed by atoms with E-state index in [9.17, 15) is 9.59 Å². The SMILES string of the molecule is Cc1ccc(NCC(=O)NNC(=O)C(C(C)C)N2CC(C)OC(C)C2)c(C)c1. The summed E-state index contributed by atoms with van der Waals surface area (Å²) in [5.41, 5.74) is 8.27. The van der Waals surface area contributed by atoms with Gasteiger partial charge < -0.3 is 10.1 Å². The maximum absolute atomic E-state index is 12.7. The molecule has 0 bridgehead atoms. The van der Waals surface area contributed by atoms with Crippen molar-refractivity contribution in [3.05, 3.63) is 29.3 Å². The minimum absolute atomic E-state index is 0.0781. The molecule has 3 N–H and O–H groups in total. The first-order valence-electron chi connectivity index (χ1n) is 9.96. The second-order valence-corrected chi connectivity index (χ2v) is 8.11.